The number of aromatic nitrogens is 3. The van der Waals surface area contributed by atoms with Crippen molar-refractivity contribution in [2.75, 3.05) is 17.7 Å². The van der Waals surface area contributed by atoms with E-state index in [1.807, 2.05) is 0 Å². The highest BCUT2D eigenvalue weighted by Gasteiger charge is 2.17. The van der Waals surface area contributed by atoms with Crippen molar-refractivity contribution in [3.8, 4) is 11.4 Å². The van der Waals surface area contributed by atoms with Gasteiger partial charge in [0, 0.05) is 28.8 Å². The van der Waals surface area contributed by atoms with Crippen LogP contribution in [0.15, 0.2) is 51.8 Å². The molecule has 4 aromatic rings. The molecule has 0 radical (unpaired) electrons. The molecule has 4 rings (SSSR count). The third-order valence-electron chi connectivity index (χ3n) is 5.11. The lowest BCUT2D eigenvalue weighted by molar-refractivity contribution is -0.140. The Morgan fingerprint density at radius 1 is 1.06 bits per heavy atom. The Hall–Kier alpha value is -4.38. The Balaban J connectivity index is 1.53. The zero-order chi connectivity index (χ0) is 24.9. The first-order chi connectivity index (χ1) is 16.8. The van der Waals surface area contributed by atoms with E-state index in [0.717, 1.165) is 0 Å². The number of aromatic amines is 2. The number of halogens is 1. The molecule has 0 saturated heterocycles. The van der Waals surface area contributed by atoms with Crippen LogP contribution in [0.25, 0.3) is 22.3 Å². The second kappa shape index (κ2) is 10.3. The number of methoxy groups -OCH3 is 1. The largest absolute Gasteiger partial charge is 0.469 e. The number of para-hydroxylation sites is 1. The molecule has 2 aromatic carbocycles. The van der Waals surface area contributed by atoms with Crippen LogP contribution in [0.3, 0.4) is 0 Å². The van der Waals surface area contributed by atoms with E-state index in [0.29, 0.717) is 39.3 Å². The van der Waals surface area contributed by atoms with Gasteiger partial charge in [-0.25, -0.2) is 4.79 Å². The maximum atomic E-state index is 13.0. The van der Waals surface area contributed by atoms with E-state index >= 15 is 0 Å². The number of benzene rings is 2. The highest BCUT2D eigenvalue weighted by Crippen LogP contribution is 2.29. The minimum Gasteiger partial charge on any atom is -0.469 e. The number of carbonyl (C=O) groups excluding carboxylic acids is 3. The quantitative estimate of drug-likeness (QED) is 0.270. The summed E-state index contributed by atoms with van der Waals surface area (Å²) in [5.41, 5.74) is 2.02. The van der Waals surface area contributed by atoms with Crippen molar-refractivity contribution < 1.29 is 23.6 Å². The minimum absolute atomic E-state index is 0.113. The van der Waals surface area contributed by atoms with Gasteiger partial charge in [0.1, 0.15) is 5.69 Å². The normalized spacial score (nSPS) is 10.8. The number of H-pyrrole nitrogens is 2. The first-order valence-electron chi connectivity index (χ1n) is 10.5. The maximum Gasteiger partial charge on any atom is 0.439 e. The number of nitrogens with one attached hydrogen (secondary N) is 4. The van der Waals surface area contributed by atoms with Gasteiger partial charge in [-0.1, -0.05) is 28.9 Å². The molecule has 4 N–H and O–H groups in total. The number of nitrogens with zero attached hydrogens (tertiary/aromatic N) is 1. The van der Waals surface area contributed by atoms with Crippen LogP contribution in [-0.4, -0.2) is 40.0 Å². The number of anilines is 2. The van der Waals surface area contributed by atoms with E-state index < -0.39 is 11.7 Å². The van der Waals surface area contributed by atoms with Gasteiger partial charge in [0.25, 0.3) is 5.91 Å². The van der Waals surface area contributed by atoms with Crippen LogP contribution in [0, 0.1) is 0 Å². The average Bonchev–Trinajstić information content (AvgIpc) is 3.47. The molecule has 12 heteroatoms. The average molecular weight is 498 g/mol. The zero-order valence-electron chi connectivity index (χ0n) is 18.4. The minimum atomic E-state index is -0.743. The molecule has 0 unspecified atom stereocenters. The number of ether oxygens (including phenoxy) is 1. The molecule has 0 atom stereocenters. The van der Waals surface area contributed by atoms with Gasteiger partial charge in [0.2, 0.25) is 5.91 Å². The molecular weight excluding hydrogens is 478 g/mol. The summed E-state index contributed by atoms with van der Waals surface area (Å²) in [6.45, 7) is 0. The summed E-state index contributed by atoms with van der Waals surface area (Å²) in [4.78, 5) is 53.3. The molecule has 0 saturated carbocycles. The van der Waals surface area contributed by atoms with Crippen LogP contribution >= 0.6 is 11.6 Å². The Bertz CT molecular complexity index is 1470. The molecule has 0 aliphatic rings. The lowest BCUT2D eigenvalue weighted by atomic mass is 10.1. The lowest BCUT2D eigenvalue weighted by Gasteiger charge is -2.09. The van der Waals surface area contributed by atoms with Crippen molar-refractivity contribution in [3.05, 3.63) is 63.7 Å². The maximum absolute atomic E-state index is 13.0. The highest BCUT2D eigenvalue weighted by atomic mass is 35.5. The van der Waals surface area contributed by atoms with Crippen molar-refractivity contribution in [1.29, 1.82) is 0 Å². The van der Waals surface area contributed by atoms with Gasteiger partial charge < -0.3 is 20.4 Å². The van der Waals surface area contributed by atoms with Gasteiger partial charge in [0.05, 0.1) is 24.0 Å². The lowest BCUT2D eigenvalue weighted by Crippen LogP contribution is -2.14. The summed E-state index contributed by atoms with van der Waals surface area (Å²) in [6.07, 6.45) is 0.645. The molecule has 0 spiro atoms. The predicted molar refractivity (Wildman–Crippen MR) is 128 cm³/mol. The van der Waals surface area contributed by atoms with Crippen molar-refractivity contribution >= 4 is 51.7 Å². The molecule has 11 nitrogen and oxygen atoms in total. The summed E-state index contributed by atoms with van der Waals surface area (Å²) in [5, 5.41) is 10.3. The summed E-state index contributed by atoms with van der Waals surface area (Å²) in [6, 6.07) is 11.6. The molecule has 35 heavy (non-hydrogen) atoms. The Morgan fingerprint density at radius 3 is 2.63 bits per heavy atom. The smallest absolute Gasteiger partial charge is 0.439 e. The molecule has 0 fully saturated rings. The van der Waals surface area contributed by atoms with Gasteiger partial charge in [-0.3, -0.25) is 23.9 Å². The van der Waals surface area contributed by atoms with Gasteiger partial charge in [-0.15, -0.1) is 0 Å². The van der Waals surface area contributed by atoms with E-state index in [1.54, 1.807) is 36.4 Å². The van der Waals surface area contributed by atoms with Crippen molar-refractivity contribution in [2.45, 2.75) is 19.3 Å². The third-order valence-corrected chi connectivity index (χ3v) is 5.35. The Morgan fingerprint density at radius 2 is 1.89 bits per heavy atom. The fourth-order valence-electron chi connectivity index (χ4n) is 3.45. The van der Waals surface area contributed by atoms with Crippen molar-refractivity contribution in [3.63, 3.8) is 0 Å². The van der Waals surface area contributed by atoms with Crippen LogP contribution in [0.2, 0.25) is 5.02 Å². The molecule has 0 aliphatic carbocycles. The van der Waals surface area contributed by atoms with Crippen LogP contribution in [0.1, 0.15) is 29.8 Å². The van der Waals surface area contributed by atoms with Crippen molar-refractivity contribution in [2.24, 2.45) is 0 Å². The third kappa shape index (κ3) is 5.58. The Kier molecular flexibility index (Phi) is 6.97. The fraction of sp³-hybridized carbons (Fsp3) is 0.174. The van der Waals surface area contributed by atoms with Crippen LogP contribution < -0.4 is 16.4 Å². The standard InChI is InChI=1S/C23H20ClN5O6/c1-34-19(31)7-3-6-18(30)25-16-5-2-4-12-10-17(26-20(12)16)22(32)27-15-9-8-13(24)11-14(15)21-28-23(33)35-29-21/h2,4-5,8-11,26H,3,6-7H2,1H3,(H,25,30)(H,27,32)(H,28,29,33). The Labute approximate surface area is 202 Å². The number of hydrogen-bond acceptors (Lipinski definition) is 7. The fourth-order valence-corrected chi connectivity index (χ4v) is 3.62. The SMILES string of the molecule is COC(=O)CCCC(=O)Nc1cccc2cc(C(=O)Nc3ccc(Cl)cc3-c3noc(=O)[nH]3)[nH]c12. The van der Waals surface area contributed by atoms with E-state index in [2.05, 4.69) is 35.0 Å². The summed E-state index contributed by atoms with van der Waals surface area (Å²) >= 11 is 6.07. The van der Waals surface area contributed by atoms with E-state index in [1.165, 1.54) is 13.2 Å². The number of hydrogen-bond donors (Lipinski definition) is 4. The first-order valence-corrected chi connectivity index (χ1v) is 10.9. The number of fused-ring (bicyclic) bond motifs is 1. The van der Waals surface area contributed by atoms with Gasteiger partial charge in [0.15, 0.2) is 5.82 Å². The molecule has 2 heterocycles. The second-order valence-corrected chi connectivity index (χ2v) is 7.95. The van der Waals surface area contributed by atoms with E-state index in [-0.39, 0.29) is 36.2 Å². The summed E-state index contributed by atoms with van der Waals surface area (Å²) in [5.74, 6) is -1.74. The summed E-state index contributed by atoms with van der Waals surface area (Å²) in [7, 11) is 1.30. The van der Waals surface area contributed by atoms with Crippen LogP contribution in [0.5, 0.6) is 0 Å². The molecular formula is C23H20ClN5O6. The van der Waals surface area contributed by atoms with Crippen LogP contribution in [-0.2, 0) is 14.3 Å². The van der Waals surface area contributed by atoms with Crippen molar-refractivity contribution in [1.82, 2.24) is 15.1 Å². The van der Waals surface area contributed by atoms with E-state index in [4.69, 9.17) is 11.6 Å². The monoisotopic (exact) mass is 497 g/mol. The number of carbonyl (C=O) groups is 3. The molecule has 0 aliphatic heterocycles. The number of rotatable bonds is 8. The highest BCUT2D eigenvalue weighted by molar-refractivity contribution is 6.31. The summed E-state index contributed by atoms with van der Waals surface area (Å²) < 4.78 is 9.12. The number of esters is 1. The molecule has 180 valence electrons. The molecule has 2 aromatic heterocycles. The van der Waals surface area contributed by atoms with Gasteiger partial charge >= 0.3 is 11.7 Å². The molecule has 0 bridgehead atoms. The first kappa shape index (κ1) is 23.8. The zero-order valence-corrected chi connectivity index (χ0v) is 19.2. The van der Waals surface area contributed by atoms with Crippen LogP contribution in [0.4, 0.5) is 11.4 Å². The van der Waals surface area contributed by atoms with E-state index in [9.17, 15) is 19.2 Å². The van der Waals surface area contributed by atoms with Gasteiger partial charge in [-0.05, 0) is 36.8 Å². The van der Waals surface area contributed by atoms with Gasteiger partial charge in [-0.2, -0.15) is 0 Å². The molecule has 2 amide bonds. The second-order valence-electron chi connectivity index (χ2n) is 7.52. The topological polar surface area (TPSA) is 159 Å². The predicted octanol–water partition coefficient (Wildman–Crippen LogP) is 3.70. The number of amides is 2.